The van der Waals surface area contributed by atoms with Crippen molar-refractivity contribution in [2.75, 3.05) is 13.6 Å². The maximum Gasteiger partial charge on any atom is 0.407 e. The third kappa shape index (κ3) is 14.0. The van der Waals surface area contributed by atoms with Crippen LogP contribution in [-0.2, 0) is 42.4 Å². The zero-order valence-electron chi connectivity index (χ0n) is 35.9. The Morgan fingerprint density at radius 3 is 1.46 bits per heavy atom. The van der Waals surface area contributed by atoms with Crippen molar-refractivity contribution in [2.24, 2.45) is 5.41 Å². The molecule has 0 aliphatic heterocycles. The van der Waals surface area contributed by atoms with Gasteiger partial charge in [0.1, 0.15) is 0 Å². The number of nitrogens with one attached hydrogen (secondary N) is 1. The Morgan fingerprint density at radius 2 is 1.11 bits per heavy atom. The molecule has 2 aromatic carbocycles. The summed E-state index contributed by atoms with van der Waals surface area (Å²) >= 11 is 12.6. The first-order chi connectivity index (χ1) is 30.4. The van der Waals surface area contributed by atoms with Crippen LogP contribution in [0.5, 0.6) is 0 Å². The molecule has 0 bridgehead atoms. The van der Waals surface area contributed by atoms with Gasteiger partial charge in [0.25, 0.3) is 0 Å². The van der Waals surface area contributed by atoms with Gasteiger partial charge in [-0.1, -0.05) is 68.2 Å². The van der Waals surface area contributed by atoms with Gasteiger partial charge in [0.05, 0.1) is 49.1 Å². The van der Waals surface area contributed by atoms with Gasteiger partial charge in [-0.05, 0) is 74.8 Å². The fourth-order valence-electron chi connectivity index (χ4n) is 5.71. The Balaban J connectivity index is 0.000000249. The molecule has 0 atom stereocenters. The van der Waals surface area contributed by atoms with E-state index in [4.69, 9.17) is 33.4 Å². The van der Waals surface area contributed by atoms with Crippen molar-refractivity contribution in [3.05, 3.63) is 142 Å². The molecular formula is C43H46Cl2N8O10S2. The minimum Gasteiger partial charge on any atom is -0.478 e. The molecule has 344 valence electrons. The molecule has 6 rings (SSSR count). The van der Waals surface area contributed by atoms with Crippen LogP contribution >= 0.6 is 23.2 Å². The quantitative estimate of drug-likeness (QED) is 0.0843. The Kier molecular flexibility index (Phi) is 17.3. The highest BCUT2D eigenvalue weighted by atomic mass is 35.5. The number of carboxylic acids is 2. The lowest BCUT2D eigenvalue weighted by Crippen LogP contribution is -2.36. The van der Waals surface area contributed by atoms with E-state index >= 15 is 0 Å². The lowest BCUT2D eigenvalue weighted by atomic mass is 9.96. The highest BCUT2D eigenvalue weighted by Crippen LogP contribution is 2.30. The number of hydrogen-bond donors (Lipinski definition) is 4. The summed E-state index contributed by atoms with van der Waals surface area (Å²) in [6.07, 6.45) is 2.65. The zero-order valence-corrected chi connectivity index (χ0v) is 39.1. The Labute approximate surface area is 385 Å². The van der Waals surface area contributed by atoms with E-state index in [1.807, 2.05) is 20.8 Å². The van der Waals surface area contributed by atoms with E-state index in [2.05, 4.69) is 25.5 Å². The lowest BCUT2D eigenvalue weighted by molar-refractivity contribution is -0.134. The number of rotatable bonds is 13. The van der Waals surface area contributed by atoms with Gasteiger partial charge >= 0.3 is 18.0 Å². The van der Waals surface area contributed by atoms with E-state index in [0.717, 1.165) is 5.69 Å². The van der Waals surface area contributed by atoms with Gasteiger partial charge in [0, 0.05) is 61.2 Å². The predicted molar refractivity (Wildman–Crippen MR) is 241 cm³/mol. The fourth-order valence-corrected chi connectivity index (χ4v) is 8.82. The molecule has 0 unspecified atom stereocenters. The molecule has 22 heteroatoms. The maximum atomic E-state index is 13.4. The number of amides is 1. The molecule has 65 heavy (non-hydrogen) atoms. The highest BCUT2D eigenvalue weighted by molar-refractivity contribution is 7.91. The Hall–Kier alpha value is -6.45. The van der Waals surface area contributed by atoms with Crippen molar-refractivity contribution in [3.63, 3.8) is 0 Å². The van der Waals surface area contributed by atoms with Crippen LogP contribution in [0.4, 0.5) is 4.79 Å². The number of para-hydroxylation sites is 2. The summed E-state index contributed by atoms with van der Waals surface area (Å²) in [6, 6.07) is 22.9. The second-order valence-corrected chi connectivity index (χ2v) is 19.8. The van der Waals surface area contributed by atoms with E-state index < -0.39 is 37.7 Å². The van der Waals surface area contributed by atoms with Crippen LogP contribution in [0.25, 0.3) is 11.4 Å². The van der Waals surface area contributed by atoms with Crippen molar-refractivity contribution in [2.45, 2.75) is 67.6 Å². The van der Waals surface area contributed by atoms with Crippen molar-refractivity contribution in [1.29, 1.82) is 0 Å². The number of aryl methyl sites for hydroxylation is 2. The number of carbonyl (C=O) groups is 3. The third-order valence-electron chi connectivity index (χ3n) is 8.57. The van der Waals surface area contributed by atoms with Gasteiger partial charge in [-0.15, -0.1) is 0 Å². The van der Waals surface area contributed by atoms with E-state index in [1.54, 1.807) is 93.7 Å². The third-order valence-corrected chi connectivity index (χ3v) is 12.6. The molecule has 18 nitrogen and oxygen atoms in total. The van der Waals surface area contributed by atoms with Crippen molar-refractivity contribution in [1.82, 2.24) is 39.7 Å². The summed E-state index contributed by atoms with van der Waals surface area (Å²) in [5, 5.41) is 37.7. The van der Waals surface area contributed by atoms with Gasteiger partial charge < -0.3 is 25.5 Å². The number of benzene rings is 2. The first-order valence-electron chi connectivity index (χ1n) is 19.2. The first-order valence-corrected chi connectivity index (χ1v) is 23.0. The van der Waals surface area contributed by atoms with Crippen LogP contribution in [0, 0.1) is 19.3 Å². The maximum absolute atomic E-state index is 13.4. The standard InChI is InChI=1S/C22H25ClN4O4S.C17H17ClN4O2S.C4H4O4/c1-15-9-10-17(12-24-15)32(30,31)20-11-16(13-26(21(28)29)14-22(2,3)4)25-27(20)19-8-6-5-7-18(19)23;1-12-7-8-14(11-20-12)25(23,24)17-9-13(10-19-2)21-22(17)16-6-4-3-5-15(16)18;5-3(6)1-2-4(7)8/h5-12H,13-14H2,1-4H3,(H,28,29);3-9,11,19H,10H2,1-2H3;1-2H,(H,5,6)(H,7,8). The molecular weight excluding hydrogens is 924 g/mol. The molecule has 0 fully saturated rings. The van der Waals surface area contributed by atoms with Crippen LogP contribution in [0.15, 0.2) is 129 Å². The van der Waals surface area contributed by atoms with Gasteiger partial charge in [-0.25, -0.2) is 40.6 Å². The SMILES string of the molecule is CNCc1cc(S(=O)(=O)c2ccc(C)nc2)n(-c2ccccc2Cl)n1.Cc1ccc(S(=O)(=O)c2cc(CN(CC(C)(C)C)C(=O)O)nn2-c2ccccc2Cl)cn1.O=C(O)C=CC(=O)O. The molecule has 0 aliphatic rings. The summed E-state index contributed by atoms with van der Waals surface area (Å²) in [7, 11) is -6.04. The number of nitrogens with zero attached hydrogens (tertiary/aromatic N) is 7. The van der Waals surface area contributed by atoms with Crippen molar-refractivity contribution in [3.8, 4) is 11.4 Å². The Bertz CT molecular complexity index is 2880. The van der Waals surface area contributed by atoms with Crippen molar-refractivity contribution >= 4 is 60.9 Å². The lowest BCUT2D eigenvalue weighted by Gasteiger charge is -2.27. The van der Waals surface area contributed by atoms with Gasteiger partial charge in [-0.3, -0.25) is 9.97 Å². The van der Waals surface area contributed by atoms with Crippen molar-refractivity contribution < 1.29 is 46.5 Å². The highest BCUT2D eigenvalue weighted by Gasteiger charge is 2.29. The second-order valence-electron chi connectivity index (χ2n) is 15.2. The van der Waals surface area contributed by atoms with E-state index in [-0.39, 0.29) is 44.0 Å². The molecule has 0 saturated carbocycles. The molecule has 0 aliphatic carbocycles. The smallest absolute Gasteiger partial charge is 0.407 e. The second kappa shape index (κ2) is 22.0. The summed E-state index contributed by atoms with van der Waals surface area (Å²) in [4.78, 5) is 40.4. The number of aromatic nitrogens is 6. The van der Waals surface area contributed by atoms with E-state index in [9.17, 15) is 36.3 Å². The number of aliphatic carboxylic acids is 2. The molecule has 1 amide bonds. The molecule has 4 heterocycles. The zero-order chi connectivity index (χ0) is 48.3. The van der Waals surface area contributed by atoms with Crippen LogP contribution in [0.1, 0.15) is 43.5 Å². The van der Waals surface area contributed by atoms with Gasteiger partial charge in [0.15, 0.2) is 10.1 Å². The van der Waals surface area contributed by atoms with Gasteiger partial charge in [-0.2, -0.15) is 10.2 Å². The molecule has 6 aromatic rings. The molecule has 0 radical (unpaired) electrons. The number of pyridine rings is 2. The molecule has 0 saturated heterocycles. The number of carboxylic acid groups (broad SMARTS) is 3. The number of sulfone groups is 2. The largest absolute Gasteiger partial charge is 0.478 e. The predicted octanol–water partition coefficient (Wildman–Crippen LogP) is 7.08. The minimum absolute atomic E-state index is 0.00707. The number of halogens is 2. The van der Waals surface area contributed by atoms with E-state index in [0.29, 0.717) is 51.5 Å². The molecule has 0 spiro atoms. The summed E-state index contributed by atoms with van der Waals surface area (Å²) < 4.78 is 55.7. The van der Waals surface area contributed by atoms with E-state index in [1.165, 1.54) is 38.8 Å². The van der Waals surface area contributed by atoms with Crippen LogP contribution < -0.4 is 5.32 Å². The number of hydrogen-bond acceptors (Lipinski definition) is 12. The van der Waals surface area contributed by atoms with Crippen LogP contribution in [0.3, 0.4) is 0 Å². The summed E-state index contributed by atoms with van der Waals surface area (Å²) in [6.45, 7) is 9.95. The molecule has 4 aromatic heterocycles. The van der Waals surface area contributed by atoms with Crippen LogP contribution in [-0.4, -0.2) is 98.2 Å². The average Bonchev–Trinajstić information content (AvgIpc) is 3.86. The average molecular weight is 970 g/mol. The topological polar surface area (TPSA) is 257 Å². The van der Waals surface area contributed by atoms with Crippen LogP contribution in [0.2, 0.25) is 10.0 Å². The normalized spacial score (nSPS) is 11.6. The van der Waals surface area contributed by atoms with Gasteiger partial charge in [0.2, 0.25) is 19.7 Å². The molecule has 4 N–H and O–H groups in total. The first kappa shape index (κ1) is 51.2. The fraction of sp³-hybridized carbons (Fsp3) is 0.233. The minimum atomic E-state index is -4.01. The Morgan fingerprint density at radius 1 is 0.692 bits per heavy atom. The monoisotopic (exact) mass is 968 g/mol. The summed E-state index contributed by atoms with van der Waals surface area (Å²) in [5.41, 5.74) is 2.91. The summed E-state index contributed by atoms with van der Waals surface area (Å²) in [5.74, 6) is -2.51.